The number of nitrogens with zero attached hydrogens (tertiary/aromatic N) is 1. The van der Waals surface area contributed by atoms with Crippen molar-refractivity contribution in [2.45, 2.75) is 20.5 Å². The zero-order chi connectivity index (χ0) is 22.5. The molecule has 0 fully saturated rings. The third-order valence-corrected chi connectivity index (χ3v) is 5.62. The Morgan fingerprint density at radius 1 is 1.03 bits per heavy atom. The van der Waals surface area contributed by atoms with Crippen molar-refractivity contribution in [1.29, 1.82) is 0 Å². The number of rotatable bonds is 6. The van der Waals surface area contributed by atoms with Crippen LogP contribution in [0.5, 0.6) is 17.2 Å². The number of benzene rings is 3. The first-order chi connectivity index (χ1) is 14.7. The largest absolute Gasteiger partial charge is 0.508 e. The summed E-state index contributed by atoms with van der Waals surface area (Å²) in [4.78, 5) is 12.4. The fourth-order valence-electron chi connectivity index (χ4n) is 2.82. The normalized spacial score (nSPS) is 11.3. The summed E-state index contributed by atoms with van der Waals surface area (Å²) in [5.74, 6) is 0.166. The minimum absolute atomic E-state index is 0.0516. The highest BCUT2D eigenvalue weighted by atomic mass is 79.9. The second kappa shape index (κ2) is 9.98. The molecule has 3 aromatic rings. The van der Waals surface area contributed by atoms with E-state index in [2.05, 4.69) is 42.4 Å². The van der Waals surface area contributed by atoms with Crippen LogP contribution in [0.1, 0.15) is 34.0 Å². The quantitative estimate of drug-likeness (QED) is 0.274. The molecule has 3 aromatic carbocycles. The monoisotopic (exact) mass is 546 g/mol. The van der Waals surface area contributed by atoms with Gasteiger partial charge in [-0.25, -0.2) is 5.43 Å². The van der Waals surface area contributed by atoms with Crippen molar-refractivity contribution in [2.24, 2.45) is 5.10 Å². The maximum absolute atomic E-state index is 12.4. The number of hydrazone groups is 1. The smallest absolute Gasteiger partial charge is 0.271 e. The van der Waals surface area contributed by atoms with Crippen molar-refractivity contribution in [2.75, 3.05) is 0 Å². The second-order valence-corrected chi connectivity index (χ2v) is 8.59. The summed E-state index contributed by atoms with van der Waals surface area (Å²) in [6, 6.07) is 15.1. The van der Waals surface area contributed by atoms with Crippen LogP contribution in [0.2, 0.25) is 0 Å². The Morgan fingerprint density at radius 2 is 1.68 bits per heavy atom. The summed E-state index contributed by atoms with van der Waals surface area (Å²) < 4.78 is 7.63. The third-order valence-electron chi connectivity index (χ3n) is 4.44. The number of amides is 1. The van der Waals surface area contributed by atoms with Crippen molar-refractivity contribution in [1.82, 2.24) is 5.43 Å². The molecule has 3 rings (SSSR count). The Balaban J connectivity index is 1.62. The number of carbonyl (C=O) groups excluding carboxylic acids is 1. The van der Waals surface area contributed by atoms with Gasteiger partial charge in [-0.3, -0.25) is 4.79 Å². The fourth-order valence-corrected chi connectivity index (χ4v) is 4.46. The summed E-state index contributed by atoms with van der Waals surface area (Å²) in [5, 5.41) is 23.3. The number of aromatic hydroxyl groups is 2. The lowest BCUT2D eigenvalue weighted by atomic mass is 10.1. The van der Waals surface area contributed by atoms with Crippen molar-refractivity contribution in [3.05, 3.63) is 85.8 Å². The molecule has 0 radical (unpaired) electrons. The van der Waals surface area contributed by atoms with Crippen LogP contribution in [0.15, 0.2) is 68.6 Å². The summed E-state index contributed by atoms with van der Waals surface area (Å²) in [6.45, 7) is 4.00. The maximum atomic E-state index is 12.4. The van der Waals surface area contributed by atoms with Crippen molar-refractivity contribution < 1.29 is 19.7 Å². The van der Waals surface area contributed by atoms with E-state index in [1.807, 2.05) is 31.2 Å². The molecular weight excluding hydrogens is 528 g/mol. The minimum Gasteiger partial charge on any atom is -0.508 e. The number of hydrogen-bond acceptors (Lipinski definition) is 5. The topological polar surface area (TPSA) is 91.2 Å². The van der Waals surface area contributed by atoms with Gasteiger partial charge in [-0.1, -0.05) is 12.1 Å². The van der Waals surface area contributed by atoms with E-state index in [1.54, 1.807) is 19.1 Å². The van der Waals surface area contributed by atoms with Crippen molar-refractivity contribution >= 4 is 43.5 Å². The molecule has 0 saturated heterocycles. The fraction of sp³-hybridized carbons (Fsp3) is 0.130. The van der Waals surface area contributed by atoms with Gasteiger partial charge in [0.25, 0.3) is 5.91 Å². The number of carbonyl (C=O) groups is 1. The second-order valence-electron chi connectivity index (χ2n) is 6.88. The Morgan fingerprint density at radius 3 is 2.29 bits per heavy atom. The van der Waals surface area contributed by atoms with Crippen LogP contribution in [-0.4, -0.2) is 21.8 Å². The van der Waals surface area contributed by atoms with E-state index >= 15 is 0 Å². The summed E-state index contributed by atoms with van der Waals surface area (Å²) in [5.41, 5.74) is 5.75. The molecular formula is C23H20Br2N2O4. The Kier molecular flexibility index (Phi) is 7.35. The number of ether oxygens (including phenoxy) is 1. The first-order valence-corrected chi connectivity index (χ1v) is 10.9. The van der Waals surface area contributed by atoms with E-state index in [0.29, 0.717) is 23.4 Å². The number of halogens is 2. The Labute approximate surface area is 196 Å². The molecule has 160 valence electrons. The van der Waals surface area contributed by atoms with Gasteiger partial charge in [-0.2, -0.15) is 5.10 Å². The highest BCUT2D eigenvalue weighted by molar-refractivity contribution is 9.11. The number of phenolic OH excluding ortho intramolecular Hbond substituents is 2. The molecule has 0 saturated carbocycles. The molecule has 0 aliphatic carbocycles. The van der Waals surface area contributed by atoms with E-state index in [1.165, 1.54) is 18.2 Å². The molecule has 0 aliphatic heterocycles. The predicted octanol–water partition coefficient (Wildman–Crippen LogP) is 5.66. The van der Waals surface area contributed by atoms with Gasteiger partial charge in [-0.05, 0) is 93.2 Å². The van der Waals surface area contributed by atoms with Gasteiger partial charge in [0.05, 0.1) is 14.7 Å². The zero-order valence-electron chi connectivity index (χ0n) is 16.8. The summed E-state index contributed by atoms with van der Waals surface area (Å²) in [7, 11) is 0. The predicted molar refractivity (Wildman–Crippen MR) is 127 cm³/mol. The molecule has 0 aromatic heterocycles. The van der Waals surface area contributed by atoms with Gasteiger partial charge in [-0.15, -0.1) is 0 Å². The van der Waals surface area contributed by atoms with Crippen LogP contribution in [-0.2, 0) is 6.61 Å². The van der Waals surface area contributed by atoms with E-state index in [-0.39, 0.29) is 17.4 Å². The number of aryl methyl sites for hydroxylation is 1. The van der Waals surface area contributed by atoms with Gasteiger partial charge >= 0.3 is 0 Å². The van der Waals surface area contributed by atoms with Crippen LogP contribution in [0, 0.1) is 6.92 Å². The number of nitrogens with one attached hydrogen (secondary N) is 1. The van der Waals surface area contributed by atoms with Crippen LogP contribution in [0.4, 0.5) is 0 Å². The van der Waals surface area contributed by atoms with Gasteiger partial charge in [0.2, 0.25) is 0 Å². The maximum Gasteiger partial charge on any atom is 0.271 e. The highest BCUT2D eigenvalue weighted by Gasteiger charge is 2.10. The summed E-state index contributed by atoms with van der Waals surface area (Å²) >= 11 is 7.01. The van der Waals surface area contributed by atoms with Crippen molar-refractivity contribution in [3.8, 4) is 17.2 Å². The first kappa shape index (κ1) is 22.8. The van der Waals surface area contributed by atoms with Crippen molar-refractivity contribution in [3.63, 3.8) is 0 Å². The van der Waals surface area contributed by atoms with E-state index in [9.17, 15) is 15.0 Å². The molecule has 1 amide bonds. The lowest BCUT2D eigenvalue weighted by Crippen LogP contribution is -2.19. The van der Waals surface area contributed by atoms with Gasteiger partial charge in [0.1, 0.15) is 23.9 Å². The van der Waals surface area contributed by atoms with Crippen LogP contribution < -0.4 is 10.2 Å². The highest BCUT2D eigenvalue weighted by Crippen LogP contribution is 2.35. The molecule has 0 aliphatic rings. The van der Waals surface area contributed by atoms with E-state index in [4.69, 9.17) is 4.74 Å². The average Bonchev–Trinajstić information content (AvgIpc) is 2.71. The first-order valence-electron chi connectivity index (χ1n) is 9.29. The van der Waals surface area contributed by atoms with Gasteiger partial charge in [0.15, 0.2) is 0 Å². The molecule has 0 atom stereocenters. The summed E-state index contributed by atoms with van der Waals surface area (Å²) in [6.07, 6.45) is 0. The molecule has 0 spiro atoms. The van der Waals surface area contributed by atoms with Crippen LogP contribution in [0.3, 0.4) is 0 Å². The van der Waals surface area contributed by atoms with E-state index < -0.39 is 0 Å². The number of phenols is 2. The molecule has 0 bridgehead atoms. The molecule has 0 heterocycles. The number of hydrogen-bond donors (Lipinski definition) is 3. The molecule has 6 nitrogen and oxygen atoms in total. The molecule has 3 N–H and O–H groups in total. The van der Waals surface area contributed by atoms with E-state index in [0.717, 1.165) is 25.8 Å². The lowest BCUT2D eigenvalue weighted by Gasteiger charge is -2.11. The Bertz CT molecular complexity index is 1120. The zero-order valence-corrected chi connectivity index (χ0v) is 20.0. The lowest BCUT2D eigenvalue weighted by molar-refractivity contribution is 0.0954. The van der Waals surface area contributed by atoms with Crippen LogP contribution in [0.25, 0.3) is 0 Å². The Hall–Kier alpha value is -2.84. The van der Waals surface area contributed by atoms with Crippen LogP contribution >= 0.6 is 31.9 Å². The SMILES string of the molecule is C/C(=N/NC(=O)c1ccc(COc2c(Br)cc(C)cc2Br)cc1)c1ccc(O)cc1O. The molecule has 31 heavy (non-hydrogen) atoms. The molecule has 8 heteroatoms. The van der Waals surface area contributed by atoms with Gasteiger partial charge < -0.3 is 14.9 Å². The standard InChI is InChI=1S/C23H20Br2N2O4/c1-13-9-19(24)22(20(25)10-13)31-12-15-3-5-16(6-4-15)23(30)27-26-14(2)18-8-7-17(28)11-21(18)29/h3-11,28-29H,12H2,1-2H3,(H,27,30)/b26-14-. The third kappa shape index (κ3) is 5.86. The molecule has 0 unspecified atom stereocenters. The minimum atomic E-state index is -0.380. The average molecular weight is 548 g/mol. The van der Waals surface area contributed by atoms with Gasteiger partial charge in [0, 0.05) is 17.2 Å².